The number of benzene rings is 5. The summed E-state index contributed by atoms with van der Waals surface area (Å²) in [4.78, 5) is 0. The Labute approximate surface area is 218 Å². The van der Waals surface area contributed by atoms with Crippen LogP contribution in [0.25, 0.3) is 0 Å². The van der Waals surface area contributed by atoms with Crippen molar-refractivity contribution in [3.8, 4) is 0 Å². The summed E-state index contributed by atoms with van der Waals surface area (Å²) in [5, 5.41) is 8.49. The second-order valence-corrected chi connectivity index (χ2v) is 13.9. The van der Waals surface area contributed by atoms with E-state index in [2.05, 4.69) is 149 Å². The standard InChI is InChI=1S/C34H32P2/c1-25-9-17-29(18-10-25)35(30-19-11-26(2)12-20-30)33-7-5-6-8-34(33)36(31-21-13-27(3)14-22-31)32-23-15-28(4)16-24-32/h5-24H,1-4H3. The summed E-state index contributed by atoms with van der Waals surface area (Å²) >= 11 is 0. The molecule has 0 saturated heterocycles. The fourth-order valence-corrected chi connectivity index (χ4v) is 9.65. The van der Waals surface area contributed by atoms with Crippen LogP contribution < -0.4 is 31.8 Å². The zero-order valence-electron chi connectivity index (χ0n) is 21.4. The SMILES string of the molecule is Cc1ccc(P(c2ccc(C)cc2)c2ccccc2P(c2ccc(C)cc2)c2ccc(C)cc2)cc1. The van der Waals surface area contributed by atoms with Gasteiger partial charge in [-0.1, -0.05) is 144 Å². The summed E-state index contributed by atoms with van der Waals surface area (Å²) in [6.45, 7) is 8.67. The molecule has 36 heavy (non-hydrogen) atoms. The van der Waals surface area contributed by atoms with Gasteiger partial charge in [-0.25, -0.2) is 0 Å². The van der Waals surface area contributed by atoms with Gasteiger partial charge in [-0.05, 0) is 75.4 Å². The highest BCUT2D eigenvalue weighted by molar-refractivity contribution is 7.85. The lowest BCUT2D eigenvalue weighted by Gasteiger charge is -2.27. The van der Waals surface area contributed by atoms with Crippen LogP contribution in [0.3, 0.4) is 0 Å². The van der Waals surface area contributed by atoms with Gasteiger partial charge in [0.2, 0.25) is 0 Å². The van der Waals surface area contributed by atoms with Gasteiger partial charge < -0.3 is 0 Å². The van der Waals surface area contributed by atoms with E-state index < -0.39 is 15.8 Å². The molecule has 0 heterocycles. The summed E-state index contributed by atoms with van der Waals surface area (Å²) in [7, 11) is -1.40. The molecule has 0 fully saturated rings. The molecule has 178 valence electrons. The van der Waals surface area contributed by atoms with Crippen LogP contribution in [0.5, 0.6) is 0 Å². The number of aryl methyl sites for hydroxylation is 4. The van der Waals surface area contributed by atoms with Gasteiger partial charge in [0.25, 0.3) is 0 Å². The molecule has 0 spiro atoms. The number of rotatable bonds is 6. The molecule has 0 aliphatic rings. The first-order chi connectivity index (χ1) is 17.5. The molecule has 0 atom stereocenters. The Morgan fingerprint density at radius 1 is 0.306 bits per heavy atom. The Bertz CT molecular complexity index is 1230. The molecule has 5 aromatic rings. The first-order valence-electron chi connectivity index (χ1n) is 12.5. The molecular weight excluding hydrogens is 470 g/mol. The van der Waals surface area contributed by atoms with E-state index in [4.69, 9.17) is 0 Å². The van der Waals surface area contributed by atoms with E-state index in [-0.39, 0.29) is 0 Å². The van der Waals surface area contributed by atoms with Crippen LogP contribution >= 0.6 is 15.8 Å². The lowest BCUT2D eigenvalue weighted by Crippen LogP contribution is -2.34. The molecule has 5 rings (SSSR count). The molecule has 5 aromatic carbocycles. The topological polar surface area (TPSA) is 0 Å². The minimum atomic E-state index is -0.701. The van der Waals surface area contributed by atoms with Crippen LogP contribution in [0, 0.1) is 27.7 Å². The summed E-state index contributed by atoms with van der Waals surface area (Å²) in [5.74, 6) is 0. The van der Waals surface area contributed by atoms with Crippen molar-refractivity contribution < 1.29 is 0 Å². The second kappa shape index (κ2) is 10.9. The van der Waals surface area contributed by atoms with E-state index in [0.717, 1.165) is 0 Å². The summed E-state index contributed by atoms with van der Waals surface area (Å²) in [6, 6.07) is 45.9. The van der Waals surface area contributed by atoms with Crippen molar-refractivity contribution in [2.45, 2.75) is 27.7 Å². The maximum absolute atomic E-state index is 2.37. The van der Waals surface area contributed by atoms with Gasteiger partial charge in [0, 0.05) is 0 Å². The monoisotopic (exact) mass is 502 g/mol. The van der Waals surface area contributed by atoms with Gasteiger partial charge >= 0.3 is 0 Å². The van der Waals surface area contributed by atoms with Crippen molar-refractivity contribution in [2.24, 2.45) is 0 Å². The Balaban J connectivity index is 1.74. The number of hydrogen-bond acceptors (Lipinski definition) is 0. The molecule has 2 heteroatoms. The van der Waals surface area contributed by atoms with E-state index in [0.29, 0.717) is 0 Å². The minimum absolute atomic E-state index is 0.701. The van der Waals surface area contributed by atoms with Gasteiger partial charge in [-0.15, -0.1) is 0 Å². The van der Waals surface area contributed by atoms with E-state index in [1.165, 1.54) is 54.1 Å². The van der Waals surface area contributed by atoms with Crippen LogP contribution in [0.2, 0.25) is 0 Å². The molecule has 0 aromatic heterocycles. The first-order valence-corrected chi connectivity index (χ1v) is 15.1. The second-order valence-electron chi connectivity index (χ2n) is 9.50. The van der Waals surface area contributed by atoms with E-state index in [9.17, 15) is 0 Å². The summed E-state index contributed by atoms with van der Waals surface area (Å²) in [5.41, 5.74) is 5.19. The third-order valence-electron chi connectivity index (χ3n) is 6.53. The fourth-order valence-electron chi connectivity index (χ4n) is 4.47. The molecular formula is C34H32P2. The molecule has 0 N–H and O–H groups in total. The lowest BCUT2D eigenvalue weighted by atomic mass is 10.2. The highest BCUT2D eigenvalue weighted by Crippen LogP contribution is 2.39. The average molecular weight is 503 g/mol. The number of hydrogen-bond donors (Lipinski definition) is 0. The minimum Gasteiger partial charge on any atom is -0.0616 e. The van der Waals surface area contributed by atoms with Crippen LogP contribution in [0.15, 0.2) is 121 Å². The van der Waals surface area contributed by atoms with Crippen molar-refractivity contribution in [1.29, 1.82) is 0 Å². The van der Waals surface area contributed by atoms with E-state index >= 15 is 0 Å². The van der Waals surface area contributed by atoms with Gasteiger partial charge in [-0.2, -0.15) is 0 Å². The van der Waals surface area contributed by atoms with Gasteiger partial charge in [-0.3, -0.25) is 0 Å². The molecule has 0 bridgehead atoms. The van der Waals surface area contributed by atoms with Gasteiger partial charge in [0.1, 0.15) is 0 Å². The molecule has 0 aliphatic heterocycles. The molecule has 0 aliphatic carbocycles. The smallest absolute Gasteiger partial charge is 0.00675 e. The Morgan fingerprint density at radius 2 is 0.528 bits per heavy atom. The van der Waals surface area contributed by atoms with Crippen molar-refractivity contribution in [2.75, 3.05) is 0 Å². The molecule has 0 nitrogen and oxygen atoms in total. The van der Waals surface area contributed by atoms with Crippen molar-refractivity contribution in [3.63, 3.8) is 0 Å². The molecule has 0 unspecified atom stereocenters. The summed E-state index contributed by atoms with van der Waals surface area (Å²) in [6.07, 6.45) is 0. The average Bonchev–Trinajstić information content (AvgIpc) is 2.90. The highest BCUT2D eigenvalue weighted by atomic mass is 31.1. The third-order valence-corrected chi connectivity index (χ3v) is 11.7. The largest absolute Gasteiger partial charge is 0.0616 e. The predicted octanol–water partition coefficient (Wildman–Crippen LogP) is 6.44. The maximum Gasteiger partial charge on any atom is -0.00675 e. The van der Waals surface area contributed by atoms with Crippen LogP contribution in [-0.2, 0) is 0 Å². The first kappa shape index (κ1) is 24.6. The maximum atomic E-state index is 2.37. The quantitative estimate of drug-likeness (QED) is 0.235. The van der Waals surface area contributed by atoms with Gasteiger partial charge in [0.05, 0.1) is 0 Å². The predicted molar refractivity (Wildman–Crippen MR) is 163 cm³/mol. The highest BCUT2D eigenvalue weighted by Gasteiger charge is 2.25. The molecule has 0 radical (unpaired) electrons. The Morgan fingerprint density at radius 3 is 0.750 bits per heavy atom. The Hall–Kier alpha value is -3.04. The van der Waals surface area contributed by atoms with E-state index in [1.54, 1.807) is 0 Å². The zero-order chi connectivity index (χ0) is 25.1. The van der Waals surface area contributed by atoms with E-state index in [1.807, 2.05) is 0 Å². The molecule has 0 amide bonds. The lowest BCUT2D eigenvalue weighted by molar-refractivity contribution is 1.48. The van der Waals surface area contributed by atoms with Crippen LogP contribution in [0.1, 0.15) is 22.3 Å². The van der Waals surface area contributed by atoms with Crippen LogP contribution in [-0.4, -0.2) is 0 Å². The van der Waals surface area contributed by atoms with Gasteiger partial charge in [0.15, 0.2) is 0 Å². The normalized spacial score (nSPS) is 11.3. The third kappa shape index (κ3) is 5.37. The zero-order valence-corrected chi connectivity index (χ0v) is 23.2. The van der Waals surface area contributed by atoms with Crippen molar-refractivity contribution in [3.05, 3.63) is 144 Å². The van der Waals surface area contributed by atoms with Crippen molar-refractivity contribution in [1.82, 2.24) is 0 Å². The van der Waals surface area contributed by atoms with Crippen molar-refractivity contribution >= 4 is 47.7 Å². The molecule has 0 saturated carbocycles. The Kier molecular flexibility index (Phi) is 7.48. The van der Waals surface area contributed by atoms with Crippen LogP contribution in [0.4, 0.5) is 0 Å². The fraction of sp³-hybridized carbons (Fsp3) is 0.118. The summed E-state index contributed by atoms with van der Waals surface area (Å²) < 4.78 is 0.